The lowest BCUT2D eigenvalue weighted by Crippen LogP contribution is -2.21. The molecule has 0 radical (unpaired) electrons. The third kappa shape index (κ3) is 5.14. The molecule has 0 aliphatic carbocycles. The zero-order chi connectivity index (χ0) is 11.8. The van der Waals surface area contributed by atoms with Crippen LogP contribution in [0.4, 0.5) is 0 Å². The first-order valence-electron chi connectivity index (χ1n) is 5.30. The van der Waals surface area contributed by atoms with Gasteiger partial charge in [-0.2, -0.15) is 4.42 Å². The van der Waals surface area contributed by atoms with Crippen LogP contribution >= 0.6 is 11.8 Å². The van der Waals surface area contributed by atoms with Crippen LogP contribution in [0.15, 0.2) is 0 Å². The monoisotopic (exact) mass is 234 g/mol. The Kier molecular flexibility index (Phi) is 7.34. The highest BCUT2D eigenvalue weighted by Crippen LogP contribution is 2.12. The van der Waals surface area contributed by atoms with Crippen LogP contribution in [0.2, 0.25) is 0 Å². The molecule has 88 valence electrons. The summed E-state index contributed by atoms with van der Waals surface area (Å²) in [7, 11) is 0. The van der Waals surface area contributed by atoms with E-state index in [0.717, 1.165) is 0 Å². The van der Waals surface area contributed by atoms with Crippen LogP contribution in [0.25, 0.3) is 0 Å². The molecule has 1 fully saturated rings. The minimum absolute atomic E-state index is 0.266. The van der Waals surface area contributed by atoms with Gasteiger partial charge in [-0.05, 0) is 19.6 Å². The Morgan fingerprint density at radius 2 is 1.40 bits per heavy atom. The molecule has 1 rings (SSSR count). The number of hydrogen-bond acceptors (Lipinski definition) is 3. The summed E-state index contributed by atoms with van der Waals surface area (Å²) in [5, 5.41) is 0. The van der Waals surface area contributed by atoms with Crippen LogP contribution in [0.5, 0.6) is 0 Å². The van der Waals surface area contributed by atoms with Crippen LogP contribution in [-0.2, 0) is 9.59 Å². The van der Waals surface area contributed by atoms with Gasteiger partial charge in [0.1, 0.15) is 0 Å². The zero-order valence-corrected chi connectivity index (χ0v) is 10.4. The average Bonchev–Trinajstić information content (AvgIpc) is 2.53. The number of amides is 2. The number of hydrogen-bond donors (Lipinski definition) is 0. The Hall–Kier alpha value is -0.610. The standard InChI is InChI=1S/C6H15N.C4H4ClNO2/c1-4-7(5-2)6-3;5-6-3(7)1-2-4(6)8/h4-6H2,1-3H3;1-2H2. The Labute approximate surface area is 96.3 Å². The van der Waals surface area contributed by atoms with Gasteiger partial charge in [-0.3, -0.25) is 9.59 Å². The summed E-state index contributed by atoms with van der Waals surface area (Å²) in [6.45, 7) is 10.1. The molecule has 5 heteroatoms. The van der Waals surface area contributed by atoms with Crippen molar-refractivity contribution >= 4 is 23.6 Å². The summed E-state index contributed by atoms with van der Waals surface area (Å²) >= 11 is 5.15. The first kappa shape index (κ1) is 14.4. The molecular formula is C10H19ClN2O2. The second-order valence-corrected chi connectivity index (χ2v) is 3.53. The lowest BCUT2D eigenvalue weighted by Gasteiger charge is -2.13. The number of rotatable bonds is 3. The van der Waals surface area contributed by atoms with E-state index < -0.39 is 0 Å². The van der Waals surface area contributed by atoms with Crippen molar-refractivity contribution in [1.29, 1.82) is 0 Å². The quantitative estimate of drug-likeness (QED) is 0.551. The summed E-state index contributed by atoms with van der Waals surface area (Å²) in [6.07, 6.45) is 0.532. The molecule has 1 aliphatic heterocycles. The number of imide groups is 1. The van der Waals surface area contributed by atoms with E-state index in [9.17, 15) is 9.59 Å². The molecule has 0 aromatic heterocycles. The van der Waals surface area contributed by atoms with Gasteiger partial charge in [-0.25, -0.2) is 0 Å². The van der Waals surface area contributed by atoms with Crippen LogP contribution in [0.3, 0.4) is 0 Å². The van der Waals surface area contributed by atoms with E-state index in [4.69, 9.17) is 11.8 Å². The van der Waals surface area contributed by atoms with Gasteiger partial charge in [0, 0.05) is 24.6 Å². The first-order chi connectivity index (χ1) is 7.06. The van der Waals surface area contributed by atoms with Crippen LogP contribution in [0, 0.1) is 0 Å². The molecule has 0 spiro atoms. The van der Waals surface area contributed by atoms with E-state index in [-0.39, 0.29) is 24.7 Å². The van der Waals surface area contributed by atoms with Crippen molar-refractivity contribution in [1.82, 2.24) is 9.32 Å². The van der Waals surface area contributed by atoms with Gasteiger partial charge in [0.05, 0.1) is 0 Å². The van der Waals surface area contributed by atoms with E-state index >= 15 is 0 Å². The number of nitrogens with zero attached hydrogens (tertiary/aromatic N) is 2. The maximum absolute atomic E-state index is 10.4. The summed E-state index contributed by atoms with van der Waals surface area (Å²) < 4.78 is 0.639. The van der Waals surface area contributed by atoms with Crippen LogP contribution in [0.1, 0.15) is 33.6 Å². The molecule has 0 saturated carbocycles. The molecule has 0 atom stereocenters. The average molecular weight is 235 g/mol. The van der Waals surface area contributed by atoms with Gasteiger partial charge in [0.2, 0.25) is 11.8 Å². The van der Waals surface area contributed by atoms with Crippen LogP contribution < -0.4 is 0 Å². The lowest BCUT2D eigenvalue weighted by atomic mass is 10.4. The molecule has 4 nitrogen and oxygen atoms in total. The van der Waals surface area contributed by atoms with Gasteiger partial charge >= 0.3 is 0 Å². The van der Waals surface area contributed by atoms with E-state index in [2.05, 4.69) is 25.7 Å². The van der Waals surface area contributed by atoms with Crippen molar-refractivity contribution in [3.8, 4) is 0 Å². The SMILES string of the molecule is CCN(CC)CC.O=C1CCC(=O)N1Cl. The van der Waals surface area contributed by atoms with Crippen molar-refractivity contribution in [2.24, 2.45) is 0 Å². The van der Waals surface area contributed by atoms with Gasteiger partial charge in [0.15, 0.2) is 0 Å². The van der Waals surface area contributed by atoms with Gasteiger partial charge in [0.25, 0.3) is 0 Å². The second-order valence-electron chi connectivity index (χ2n) is 3.19. The summed E-state index contributed by atoms with van der Waals surface area (Å²) in [4.78, 5) is 23.1. The molecule has 2 amide bonds. The highest BCUT2D eigenvalue weighted by molar-refractivity contribution is 6.32. The molecule has 0 aromatic rings. The number of carbonyl (C=O) groups excluding carboxylic acids is 2. The molecular weight excluding hydrogens is 216 g/mol. The Bertz CT molecular complexity index is 196. The third-order valence-electron chi connectivity index (χ3n) is 2.33. The fourth-order valence-corrected chi connectivity index (χ4v) is 1.39. The number of carbonyl (C=O) groups is 2. The van der Waals surface area contributed by atoms with Crippen LogP contribution in [-0.4, -0.2) is 40.8 Å². The largest absolute Gasteiger partial charge is 0.304 e. The molecule has 0 N–H and O–H groups in total. The van der Waals surface area contributed by atoms with Gasteiger partial charge < -0.3 is 4.90 Å². The minimum Gasteiger partial charge on any atom is -0.304 e. The Balaban J connectivity index is 0.000000265. The van der Waals surface area contributed by atoms with Crippen molar-refractivity contribution in [2.45, 2.75) is 33.6 Å². The molecule has 15 heavy (non-hydrogen) atoms. The summed E-state index contributed by atoms with van der Waals surface area (Å²) in [5.41, 5.74) is 0. The molecule has 1 saturated heterocycles. The van der Waals surface area contributed by atoms with Crippen molar-refractivity contribution in [2.75, 3.05) is 19.6 Å². The second kappa shape index (κ2) is 7.65. The molecule has 0 unspecified atom stereocenters. The van der Waals surface area contributed by atoms with Gasteiger partial charge in [-0.15, -0.1) is 0 Å². The zero-order valence-electron chi connectivity index (χ0n) is 9.62. The highest BCUT2D eigenvalue weighted by Gasteiger charge is 2.26. The van der Waals surface area contributed by atoms with E-state index in [1.807, 2.05) is 0 Å². The maximum atomic E-state index is 10.4. The normalized spacial score (nSPS) is 15.7. The molecule has 0 bridgehead atoms. The third-order valence-corrected chi connectivity index (χ3v) is 2.71. The fraction of sp³-hybridized carbons (Fsp3) is 0.800. The predicted molar refractivity (Wildman–Crippen MR) is 60.4 cm³/mol. The topological polar surface area (TPSA) is 40.6 Å². The summed E-state index contributed by atoms with van der Waals surface area (Å²) in [6, 6.07) is 0. The van der Waals surface area contributed by atoms with Gasteiger partial charge in [-0.1, -0.05) is 20.8 Å². The molecule has 1 aliphatic rings. The Morgan fingerprint density at radius 1 is 1.07 bits per heavy atom. The summed E-state index contributed by atoms with van der Waals surface area (Å²) in [5.74, 6) is -0.590. The van der Waals surface area contributed by atoms with Crippen molar-refractivity contribution in [3.05, 3.63) is 0 Å². The molecule has 0 aromatic carbocycles. The lowest BCUT2D eigenvalue weighted by molar-refractivity contribution is -0.132. The van der Waals surface area contributed by atoms with E-state index in [1.165, 1.54) is 19.6 Å². The fourth-order valence-electron chi connectivity index (χ4n) is 1.22. The minimum atomic E-state index is -0.295. The first-order valence-corrected chi connectivity index (χ1v) is 5.64. The predicted octanol–water partition coefficient (Wildman–Crippen LogP) is 1.64. The number of halogens is 1. The van der Waals surface area contributed by atoms with E-state index in [0.29, 0.717) is 4.42 Å². The van der Waals surface area contributed by atoms with E-state index in [1.54, 1.807) is 0 Å². The smallest absolute Gasteiger partial charge is 0.244 e. The molecule has 1 heterocycles. The van der Waals surface area contributed by atoms with Crippen molar-refractivity contribution < 1.29 is 9.59 Å². The Morgan fingerprint density at radius 3 is 1.47 bits per heavy atom. The maximum Gasteiger partial charge on any atom is 0.244 e. The highest BCUT2D eigenvalue weighted by atomic mass is 35.5. The van der Waals surface area contributed by atoms with Crippen molar-refractivity contribution in [3.63, 3.8) is 0 Å².